The first-order chi connectivity index (χ1) is 7.13. The summed E-state index contributed by atoms with van der Waals surface area (Å²) < 4.78 is 0.866. The van der Waals surface area contributed by atoms with Gasteiger partial charge in [0.1, 0.15) is 0 Å². The van der Waals surface area contributed by atoms with Gasteiger partial charge >= 0.3 is 0 Å². The summed E-state index contributed by atoms with van der Waals surface area (Å²) in [5.74, 6) is -0.0737. The fourth-order valence-electron chi connectivity index (χ4n) is 1.19. The van der Waals surface area contributed by atoms with E-state index in [1.54, 1.807) is 0 Å². The van der Waals surface area contributed by atoms with Crippen molar-refractivity contribution in [2.45, 2.75) is 19.8 Å². The number of carbonyl (C=O) groups excluding carboxylic acids is 1. The zero-order valence-electron chi connectivity index (χ0n) is 8.59. The summed E-state index contributed by atoms with van der Waals surface area (Å²) in [4.78, 5) is 11.4. The molecule has 0 atom stereocenters. The predicted molar refractivity (Wildman–Crippen MR) is 63.8 cm³/mol. The van der Waals surface area contributed by atoms with Gasteiger partial charge in [0.15, 0.2) is 0 Å². The minimum atomic E-state index is -0.0737. The van der Waals surface area contributed by atoms with Crippen molar-refractivity contribution in [2.75, 3.05) is 11.9 Å². The van der Waals surface area contributed by atoms with Crippen molar-refractivity contribution in [3.8, 4) is 0 Å². The minimum absolute atomic E-state index is 0.0441. The lowest BCUT2D eigenvalue weighted by Crippen LogP contribution is -2.12. The van der Waals surface area contributed by atoms with Gasteiger partial charge in [-0.1, -0.05) is 6.07 Å². The number of halogens is 1. The Morgan fingerprint density at radius 1 is 1.53 bits per heavy atom. The van der Waals surface area contributed by atoms with E-state index in [9.17, 15) is 4.79 Å². The molecule has 0 spiro atoms. The highest BCUT2D eigenvalue weighted by Gasteiger charge is 2.04. The van der Waals surface area contributed by atoms with Crippen molar-refractivity contribution in [2.24, 2.45) is 0 Å². The van der Waals surface area contributed by atoms with Crippen molar-refractivity contribution in [1.29, 1.82) is 0 Å². The number of hydrogen-bond acceptors (Lipinski definition) is 2. The van der Waals surface area contributed by atoms with E-state index in [1.165, 1.54) is 0 Å². The monoisotopic (exact) mass is 271 g/mol. The van der Waals surface area contributed by atoms with E-state index in [0.29, 0.717) is 12.8 Å². The molecule has 82 valence electrons. The van der Waals surface area contributed by atoms with Crippen LogP contribution in [-0.4, -0.2) is 17.6 Å². The van der Waals surface area contributed by atoms with Crippen LogP contribution in [0.1, 0.15) is 18.4 Å². The summed E-state index contributed by atoms with van der Waals surface area (Å²) >= 11 is 3.36. The second-order valence-electron chi connectivity index (χ2n) is 3.36. The van der Waals surface area contributed by atoms with Gasteiger partial charge < -0.3 is 10.4 Å². The first-order valence-electron chi connectivity index (χ1n) is 4.80. The van der Waals surface area contributed by atoms with Crippen molar-refractivity contribution >= 4 is 27.5 Å². The van der Waals surface area contributed by atoms with E-state index in [-0.39, 0.29) is 12.5 Å². The highest BCUT2D eigenvalue weighted by Crippen LogP contribution is 2.23. The van der Waals surface area contributed by atoms with E-state index >= 15 is 0 Å². The molecule has 0 fully saturated rings. The van der Waals surface area contributed by atoms with E-state index in [2.05, 4.69) is 21.2 Å². The third-order valence-corrected chi connectivity index (χ3v) is 2.65. The number of rotatable bonds is 4. The Bertz CT molecular complexity index is 352. The molecule has 0 aliphatic heterocycles. The molecular weight excluding hydrogens is 258 g/mol. The summed E-state index contributed by atoms with van der Waals surface area (Å²) in [7, 11) is 0. The quantitative estimate of drug-likeness (QED) is 0.884. The van der Waals surface area contributed by atoms with Crippen molar-refractivity contribution in [1.82, 2.24) is 0 Å². The van der Waals surface area contributed by atoms with Gasteiger partial charge in [-0.2, -0.15) is 0 Å². The second-order valence-corrected chi connectivity index (χ2v) is 4.21. The van der Waals surface area contributed by atoms with Gasteiger partial charge in [0.05, 0.1) is 5.69 Å². The summed E-state index contributed by atoms with van der Waals surface area (Å²) in [6, 6.07) is 5.77. The molecule has 15 heavy (non-hydrogen) atoms. The van der Waals surface area contributed by atoms with Crippen LogP contribution in [0.2, 0.25) is 0 Å². The maximum Gasteiger partial charge on any atom is 0.224 e. The molecule has 1 amide bonds. The lowest BCUT2D eigenvalue weighted by atomic mass is 10.2. The Labute approximate surface area is 97.6 Å². The van der Waals surface area contributed by atoms with Crippen LogP contribution < -0.4 is 5.32 Å². The van der Waals surface area contributed by atoms with Crippen LogP contribution in [0, 0.1) is 6.92 Å². The first-order valence-corrected chi connectivity index (χ1v) is 5.59. The third-order valence-electron chi connectivity index (χ3n) is 1.96. The first kappa shape index (κ1) is 12.2. The number of aliphatic hydroxyl groups excluding tert-OH is 1. The largest absolute Gasteiger partial charge is 0.396 e. The van der Waals surface area contributed by atoms with Crippen LogP contribution in [0.15, 0.2) is 22.7 Å². The molecule has 4 heteroatoms. The average molecular weight is 272 g/mol. The molecule has 1 aromatic carbocycles. The van der Waals surface area contributed by atoms with Gasteiger partial charge in [0.25, 0.3) is 0 Å². The maximum absolute atomic E-state index is 11.4. The van der Waals surface area contributed by atoms with Crippen molar-refractivity contribution in [3.63, 3.8) is 0 Å². The standard InChI is InChI=1S/C11H14BrNO2/c1-8-4-5-9(12)10(7-8)13-11(15)3-2-6-14/h4-5,7,14H,2-3,6H2,1H3,(H,13,15). The molecule has 0 heterocycles. The van der Waals surface area contributed by atoms with E-state index in [1.807, 2.05) is 25.1 Å². The summed E-state index contributed by atoms with van der Waals surface area (Å²) in [6.07, 6.45) is 0.839. The zero-order chi connectivity index (χ0) is 11.3. The number of amides is 1. The molecule has 0 radical (unpaired) electrons. The third kappa shape index (κ3) is 4.01. The Morgan fingerprint density at radius 2 is 2.27 bits per heavy atom. The smallest absolute Gasteiger partial charge is 0.224 e. The molecule has 1 aromatic rings. The summed E-state index contributed by atoms with van der Waals surface area (Å²) in [5, 5.41) is 11.4. The van der Waals surface area contributed by atoms with Crippen LogP contribution in [0.25, 0.3) is 0 Å². The number of anilines is 1. The van der Waals surface area contributed by atoms with Gasteiger partial charge in [-0.05, 0) is 47.0 Å². The van der Waals surface area contributed by atoms with E-state index < -0.39 is 0 Å². The Morgan fingerprint density at radius 3 is 2.93 bits per heavy atom. The number of carbonyl (C=O) groups is 1. The number of nitrogens with one attached hydrogen (secondary N) is 1. The predicted octanol–water partition coefficient (Wildman–Crippen LogP) is 2.47. The van der Waals surface area contributed by atoms with E-state index in [0.717, 1.165) is 15.7 Å². The normalized spacial score (nSPS) is 10.1. The molecule has 0 aliphatic carbocycles. The molecule has 0 unspecified atom stereocenters. The topological polar surface area (TPSA) is 49.3 Å². The molecule has 0 aliphatic rings. The van der Waals surface area contributed by atoms with Crippen molar-refractivity contribution < 1.29 is 9.90 Å². The van der Waals surface area contributed by atoms with Crippen molar-refractivity contribution in [3.05, 3.63) is 28.2 Å². The molecule has 0 saturated carbocycles. The Balaban J connectivity index is 2.63. The molecule has 0 aromatic heterocycles. The van der Waals surface area contributed by atoms with Crippen LogP contribution in [0.4, 0.5) is 5.69 Å². The Hall–Kier alpha value is -0.870. The molecule has 1 rings (SSSR count). The average Bonchev–Trinajstić information content (AvgIpc) is 2.20. The molecular formula is C11H14BrNO2. The van der Waals surface area contributed by atoms with Gasteiger partial charge in [-0.3, -0.25) is 4.79 Å². The lowest BCUT2D eigenvalue weighted by molar-refractivity contribution is -0.116. The highest BCUT2D eigenvalue weighted by molar-refractivity contribution is 9.10. The van der Waals surface area contributed by atoms with Crippen LogP contribution in [0.5, 0.6) is 0 Å². The number of aryl methyl sites for hydroxylation is 1. The van der Waals surface area contributed by atoms with Gasteiger partial charge in [-0.25, -0.2) is 0 Å². The fourth-order valence-corrected chi connectivity index (χ4v) is 1.53. The fraction of sp³-hybridized carbons (Fsp3) is 0.364. The second kappa shape index (κ2) is 5.88. The summed E-state index contributed by atoms with van der Waals surface area (Å²) in [6.45, 7) is 2.01. The Kier molecular flexibility index (Phi) is 4.78. The van der Waals surface area contributed by atoms with Gasteiger partial charge in [0, 0.05) is 17.5 Å². The summed E-state index contributed by atoms with van der Waals surface area (Å²) in [5.41, 5.74) is 1.87. The maximum atomic E-state index is 11.4. The minimum Gasteiger partial charge on any atom is -0.396 e. The molecule has 0 saturated heterocycles. The molecule has 3 nitrogen and oxygen atoms in total. The molecule has 0 bridgehead atoms. The SMILES string of the molecule is Cc1ccc(Br)c(NC(=O)CCCO)c1. The van der Waals surface area contributed by atoms with E-state index in [4.69, 9.17) is 5.11 Å². The van der Waals surface area contributed by atoms with Crippen LogP contribution in [-0.2, 0) is 4.79 Å². The zero-order valence-corrected chi connectivity index (χ0v) is 10.2. The van der Waals surface area contributed by atoms with Gasteiger partial charge in [0.2, 0.25) is 5.91 Å². The molecule has 2 N–H and O–H groups in total. The number of hydrogen-bond donors (Lipinski definition) is 2. The lowest BCUT2D eigenvalue weighted by Gasteiger charge is -2.07. The number of aliphatic hydroxyl groups is 1. The highest BCUT2D eigenvalue weighted by atomic mass is 79.9. The van der Waals surface area contributed by atoms with Crippen LogP contribution in [0.3, 0.4) is 0 Å². The number of benzene rings is 1. The van der Waals surface area contributed by atoms with Gasteiger partial charge in [-0.15, -0.1) is 0 Å². The van der Waals surface area contributed by atoms with Crippen LogP contribution >= 0.6 is 15.9 Å².